The van der Waals surface area contributed by atoms with Gasteiger partial charge in [-0.3, -0.25) is 5.32 Å². The number of nitrogens with zero attached hydrogens (tertiary/aromatic N) is 2. The highest BCUT2D eigenvalue weighted by Crippen LogP contribution is 2.34. The van der Waals surface area contributed by atoms with Crippen molar-refractivity contribution in [3.63, 3.8) is 0 Å². The highest BCUT2D eigenvalue weighted by atomic mass is 15.1. The summed E-state index contributed by atoms with van der Waals surface area (Å²) in [7, 11) is 0. The molecule has 3 aliphatic carbocycles. The van der Waals surface area contributed by atoms with Crippen LogP contribution in [0.5, 0.6) is 0 Å². The quantitative estimate of drug-likeness (QED) is 0.634. The third-order valence-corrected chi connectivity index (χ3v) is 5.38. The third kappa shape index (κ3) is 4.97. The van der Waals surface area contributed by atoms with E-state index in [1.807, 2.05) is 0 Å². The second-order valence-electron chi connectivity index (χ2n) is 7.72. The van der Waals surface area contributed by atoms with Gasteiger partial charge in [0.1, 0.15) is 5.54 Å². The number of nitriles is 1. The first-order valence-electron chi connectivity index (χ1n) is 9.14. The van der Waals surface area contributed by atoms with E-state index in [0.717, 1.165) is 24.7 Å². The molecular formula is C18H31N3. The monoisotopic (exact) mass is 289 g/mol. The molecule has 0 radical (unpaired) electrons. The highest BCUT2D eigenvalue weighted by molar-refractivity contribution is 5.09. The first kappa shape index (κ1) is 15.3. The van der Waals surface area contributed by atoms with Gasteiger partial charge in [-0.15, -0.1) is 0 Å². The SMILES string of the molecule is CCC(C#N)(CCCN(CC1CC1)CC1CC1)NC1CC1. The molecule has 3 fully saturated rings. The molecule has 3 rings (SSSR count). The van der Waals surface area contributed by atoms with Crippen molar-refractivity contribution < 1.29 is 0 Å². The van der Waals surface area contributed by atoms with Crippen LogP contribution in [-0.2, 0) is 0 Å². The molecule has 118 valence electrons. The molecule has 3 nitrogen and oxygen atoms in total. The molecule has 3 heteroatoms. The van der Waals surface area contributed by atoms with E-state index in [1.54, 1.807) is 0 Å². The maximum Gasteiger partial charge on any atom is 0.106 e. The number of hydrogen-bond acceptors (Lipinski definition) is 3. The average molecular weight is 289 g/mol. The molecule has 1 atom stereocenters. The lowest BCUT2D eigenvalue weighted by Crippen LogP contribution is -2.45. The normalized spacial score (nSPS) is 24.8. The van der Waals surface area contributed by atoms with E-state index in [1.165, 1.54) is 64.6 Å². The molecule has 1 N–H and O–H groups in total. The van der Waals surface area contributed by atoms with Crippen molar-refractivity contribution in [1.82, 2.24) is 10.2 Å². The van der Waals surface area contributed by atoms with Crippen molar-refractivity contribution >= 4 is 0 Å². The van der Waals surface area contributed by atoms with Gasteiger partial charge in [0.2, 0.25) is 0 Å². The van der Waals surface area contributed by atoms with Crippen molar-refractivity contribution in [2.75, 3.05) is 19.6 Å². The molecular weight excluding hydrogens is 258 g/mol. The first-order valence-corrected chi connectivity index (χ1v) is 9.14. The van der Waals surface area contributed by atoms with Gasteiger partial charge in [0, 0.05) is 19.1 Å². The van der Waals surface area contributed by atoms with Gasteiger partial charge in [0.05, 0.1) is 6.07 Å². The van der Waals surface area contributed by atoms with Gasteiger partial charge in [-0.25, -0.2) is 0 Å². The Morgan fingerprint density at radius 3 is 2.14 bits per heavy atom. The van der Waals surface area contributed by atoms with Crippen LogP contribution >= 0.6 is 0 Å². The molecule has 0 saturated heterocycles. The molecule has 1 unspecified atom stereocenters. The second kappa shape index (κ2) is 6.67. The van der Waals surface area contributed by atoms with Crippen molar-refractivity contribution in [3.05, 3.63) is 0 Å². The zero-order valence-corrected chi connectivity index (χ0v) is 13.6. The van der Waals surface area contributed by atoms with Gasteiger partial charge in [-0.2, -0.15) is 5.26 Å². The van der Waals surface area contributed by atoms with Gasteiger partial charge >= 0.3 is 0 Å². The summed E-state index contributed by atoms with van der Waals surface area (Å²) in [6.45, 7) is 5.99. The Morgan fingerprint density at radius 1 is 1.10 bits per heavy atom. The molecule has 0 aliphatic heterocycles. The number of hydrogen-bond donors (Lipinski definition) is 1. The molecule has 0 aromatic rings. The fraction of sp³-hybridized carbons (Fsp3) is 0.944. The molecule has 0 aromatic heterocycles. The number of nitrogens with one attached hydrogen (secondary N) is 1. The topological polar surface area (TPSA) is 39.1 Å². The average Bonchev–Trinajstić information content (AvgIpc) is 3.33. The molecule has 0 bridgehead atoms. The van der Waals surface area contributed by atoms with Crippen LogP contribution in [0.2, 0.25) is 0 Å². The maximum absolute atomic E-state index is 9.60. The van der Waals surface area contributed by atoms with Crippen LogP contribution in [0, 0.1) is 23.2 Å². The molecule has 0 aromatic carbocycles. The zero-order chi connectivity index (χ0) is 14.7. The van der Waals surface area contributed by atoms with Crippen LogP contribution in [0.3, 0.4) is 0 Å². The van der Waals surface area contributed by atoms with Crippen LogP contribution in [0.4, 0.5) is 0 Å². The van der Waals surface area contributed by atoms with Crippen LogP contribution in [0.15, 0.2) is 0 Å². The Kier molecular flexibility index (Phi) is 4.86. The predicted octanol–water partition coefficient (Wildman–Crippen LogP) is 3.31. The van der Waals surface area contributed by atoms with Gasteiger partial charge in [-0.1, -0.05) is 6.92 Å². The first-order chi connectivity index (χ1) is 10.2. The Balaban J connectivity index is 1.43. The van der Waals surface area contributed by atoms with Gasteiger partial charge in [0.25, 0.3) is 0 Å². The van der Waals surface area contributed by atoms with Crippen LogP contribution in [0.1, 0.15) is 64.7 Å². The van der Waals surface area contributed by atoms with Gasteiger partial charge < -0.3 is 4.90 Å². The second-order valence-corrected chi connectivity index (χ2v) is 7.72. The standard InChI is InChI=1S/C18H31N3/c1-2-18(14-19,20-17-8-9-17)10-3-11-21(12-15-4-5-15)13-16-6-7-16/h15-17,20H,2-13H2,1H3. The van der Waals surface area contributed by atoms with Crippen LogP contribution < -0.4 is 5.32 Å². The van der Waals surface area contributed by atoms with E-state index in [2.05, 4.69) is 23.2 Å². The Hall–Kier alpha value is -0.590. The highest BCUT2D eigenvalue weighted by Gasteiger charge is 2.35. The lowest BCUT2D eigenvalue weighted by molar-refractivity contribution is 0.235. The van der Waals surface area contributed by atoms with E-state index in [9.17, 15) is 5.26 Å². The summed E-state index contributed by atoms with van der Waals surface area (Å²) in [5.74, 6) is 1.97. The van der Waals surface area contributed by atoms with Gasteiger partial charge in [0.15, 0.2) is 0 Å². The van der Waals surface area contributed by atoms with Crippen molar-refractivity contribution in [1.29, 1.82) is 5.26 Å². The Morgan fingerprint density at radius 2 is 1.71 bits per heavy atom. The third-order valence-electron chi connectivity index (χ3n) is 5.38. The van der Waals surface area contributed by atoms with E-state index >= 15 is 0 Å². The fourth-order valence-electron chi connectivity index (χ4n) is 3.33. The summed E-state index contributed by atoms with van der Waals surface area (Å²) in [6.07, 6.45) is 11.4. The largest absolute Gasteiger partial charge is 0.303 e. The van der Waals surface area contributed by atoms with Crippen molar-refractivity contribution in [2.24, 2.45) is 11.8 Å². The van der Waals surface area contributed by atoms with Crippen molar-refractivity contribution in [3.8, 4) is 6.07 Å². The molecule has 0 heterocycles. The van der Waals surface area contributed by atoms with E-state index in [-0.39, 0.29) is 5.54 Å². The molecule has 0 amide bonds. The maximum atomic E-state index is 9.60. The summed E-state index contributed by atoms with van der Waals surface area (Å²) in [4.78, 5) is 2.70. The lowest BCUT2D eigenvalue weighted by atomic mass is 9.91. The van der Waals surface area contributed by atoms with Crippen molar-refractivity contribution in [2.45, 2.75) is 76.3 Å². The van der Waals surface area contributed by atoms with Crippen LogP contribution in [0.25, 0.3) is 0 Å². The molecule has 0 spiro atoms. The minimum absolute atomic E-state index is 0.258. The van der Waals surface area contributed by atoms with Gasteiger partial charge in [-0.05, 0) is 76.2 Å². The minimum atomic E-state index is -0.258. The summed E-state index contributed by atoms with van der Waals surface area (Å²) in [6, 6.07) is 3.21. The predicted molar refractivity (Wildman–Crippen MR) is 85.9 cm³/mol. The zero-order valence-electron chi connectivity index (χ0n) is 13.6. The summed E-state index contributed by atoms with van der Waals surface area (Å²) in [5, 5.41) is 13.2. The summed E-state index contributed by atoms with van der Waals surface area (Å²) in [5.41, 5.74) is -0.258. The van der Waals surface area contributed by atoms with Crippen LogP contribution in [-0.4, -0.2) is 36.1 Å². The Labute approximate surface area is 130 Å². The minimum Gasteiger partial charge on any atom is -0.303 e. The molecule has 3 aliphatic rings. The smallest absolute Gasteiger partial charge is 0.106 e. The molecule has 3 saturated carbocycles. The fourth-order valence-corrected chi connectivity index (χ4v) is 3.33. The van der Waals surface area contributed by atoms with E-state index in [4.69, 9.17) is 0 Å². The summed E-state index contributed by atoms with van der Waals surface area (Å²) < 4.78 is 0. The Bertz CT molecular complexity index is 362. The lowest BCUT2D eigenvalue weighted by Gasteiger charge is -2.29. The van der Waals surface area contributed by atoms with E-state index in [0.29, 0.717) is 6.04 Å². The summed E-state index contributed by atoms with van der Waals surface area (Å²) >= 11 is 0. The van der Waals surface area contributed by atoms with E-state index < -0.39 is 0 Å². The molecule has 21 heavy (non-hydrogen) atoms. The number of rotatable bonds is 11.